The molecular formula is C22H29N3O. The molecule has 2 heterocycles. The van der Waals surface area contributed by atoms with Crippen molar-refractivity contribution in [3.05, 3.63) is 59.2 Å². The fourth-order valence-corrected chi connectivity index (χ4v) is 4.00. The Morgan fingerprint density at radius 1 is 1.31 bits per heavy atom. The number of carbonyl (C=O) groups excluding carboxylic acids is 1. The molecule has 3 rings (SSSR count). The first-order valence-corrected chi connectivity index (χ1v) is 9.57. The van der Waals surface area contributed by atoms with Gasteiger partial charge < -0.3 is 9.47 Å². The average Bonchev–Trinajstić information content (AvgIpc) is 2.94. The zero-order valence-corrected chi connectivity index (χ0v) is 16.1. The molecular weight excluding hydrogens is 322 g/mol. The summed E-state index contributed by atoms with van der Waals surface area (Å²) in [6, 6.07) is 6.70. The van der Waals surface area contributed by atoms with E-state index in [1.807, 2.05) is 25.3 Å². The second kappa shape index (κ2) is 8.35. The molecule has 138 valence electrons. The minimum absolute atomic E-state index is 0.0105. The summed E-state index contributed by atoms with van der Waals surface area (Å²) in [5, 5.41) is 0. The van der Waals surface area contributed by atoms with Crippen LogP contribution in [0.3, 0.4) is 0 Å². The van der Waals surface area contributed by atoms with Gasteiger partial charge in [-0.2, -0.15) is 0 Å². The highest BCUT2D eigenvalue weighted by molar-refractivity contribution is 5.91. The lowest BCUT2D eigenvalue weighted by Gasteiger charge is -2.26. The van der Waals surface area contributed by atoms with Crippen LogP contribution in [0.1, 0.15) is 60.7 Å². The van der Waals surface area contributed by atoms with Gasteiger partial charge in [-0.3, -0.25) is 9.78 Å². The van der Waals surface area contributed by atoms with Crippen LogP contribution in [0.5, 0.6) is 0 Å². The standard InChI is InChI=1S/C22H29N3O/c1-17-14-20(18(2)25(17)21-9-5-4-6-10-21)11-12-22(26)24(3)16-19-8-7-13-23-15-19/h7-8,11-15,21H,4-6,9-10,16H2,1-3H3. The van der Waals surface area contributed by atoms with Crippen molar-refractivity contribution in [1.82, 2.24) is 14.5 Å². The molecule has 0 saturated heterocycles. The predicted molar refractivity (Wildman–Crippen MR) is 106 cm³/mol. The lowest BCUT2D eigenvalue weighted by Crippen LogP contribution is -2.24. The third kappa shape index (κ3) is 4.24. The van der Waals surface area contributed by atoms with Gasteiger partial charge in [-0.25, -0.2) is 0 Å². The van der Waals surface area contributed by atoms with Crippen molar-refractivity contribution >= 4 is 12.0 Å². The Labute approximate surface area is 156 Å². The second-order valence-corrected chi connectivity index (χ2v) is 7.38. The highest BCUT2D eigenvalue weighted by atomic mass is 16.2. The molecule has 1 fully saturated rings. The van der Waals surface area contributed by atoms with Crippen molar-refractivity contribution in [2.75, 3.05) is 7.05 Å². The van der Waals surface area contributed by atoms with Gasteiger partial charge in [0.2, 0.25) is 5.91 Å². The molecule has 4 heteroatoms. The summed E-state index contributed by atoms with van der Waals surface area (Å²) >= 11 is 0. The van der Waals surface area contributed by atoms with Gasteiger partial charge in [0.1, 0.15) is 0 Å². The SMILES string of the molecule is Cc1cc(C=CC(=O)N(C)Cc2cccnc2)c(C)n1C1CCCCC1. The molecule has 2 aromatic rings. The number of pyridine rings is 1. The van der Waals surface area contributed by atoms with Gasteiger partial charge in [-0.1, -0.05) is 25.3 Å². The highest BCUT2D eigenvalue weighted by Gasteiger charge is 2.19. The molecule has 1 amide bonds. The van der Waals surface area contributed by atoms with Crippen LogP contribution in [0, 0.1) is 13.8 Å². The third-order valence-electron chi connectivity index (χ3n) is 5.39. The molecule has 0 radical (unpaired) electrons. The van der Waals surface area contributed by atoms with Crippen LogP contribution in [0.4, 0.5) is 0 Å². The number of aromatic nitrogens is 2. The number of carbonyl (C=O) groups is 1. The summed E-state index contributed by atoms with van der Waals surface area (Å²) in [6.07, 6.45) is 13.7. The first-order valence-electron chi connectivity index (χ1n) is 9.57. The Morgan fingerprint density at radius 2 is 2.08 bits per heavy atom. The average molecular weight is 351 g/mol. The smallest absolute Gasteiger partial charge is 0.246 e. The molecule has 0 atom stereocenters. The Bertz CT molecular complexity index is 770. The topological polar surface area (TPSA) is 38.1 Å². The van der Waals surface area contributed by atoms with Crippen LogP contribution in [0.25, 0.3) is 6.08 Å². The third-order valence-corrected chi connectivity index (χ3v) is 5.39. The lowest BCUT2D eigenvalue weighted by atomic mass is 9.95. The van der Waals surface area contributed by atoms with Gasteiger partial charge in [-0.15, -0.1) is 0 Å². The summed E-state index contributed by atoms with van der Waals surface area (Å²) in [7, 11) is 1.82. The van der Waals surface area contributed by atoms with E-state index in [2.05, 4.69) is 29.5 Å². The highest BCUT2D eigenvalue weighted by Crippen LogP contribution is 2.32. The first-order chi connectivity index (χ1) is 12.6. The van der Waals surface area contributed by atoms with E-state index in [4.69, 9.17) is 0 Å². The molecule has 2 aromatic heterocycles. The molecule has 0 unspecified atom stereocenters. The minimum atomic E-state index is 0.0105. The maximum atomic E-state index is 12.4. The number of rotatable bonds is 5. The molecule has 26 heavy (non-hydrogen) atoms. The van der Waals surface area contributed by atoms with Crippen LogP contribution in [-0.4, -0.2) is 27.4 Å². The van der Waals surface area contributed by atoms with Crippen LogP contribution in [0.2, 0.25) is 0 Å². The van der Waals surface area contributed by atoms with Crippen molar-refractivity contribution < 1.29 is 4.79 Å². The summed E-state index contributed by atoms with van der Waals surface area (Å²) in [4.78, 5) is 18.3. The number of hydrogen-bond donors (Lipinski definition) is 0. The maximum Gasteiger partial charge on any atom is 0.246 e. The Balaban J connectivity index is 1.69. The summed E-state index contributed by atoms with van der Waals surface area (Å²) in [5.74, 6) is 0.0105. The van der Waals surface area contributed by atoms with Crippen molar-refractivity contribution in [3.8, 4) is 0 Å². The fourth-order valence-electron chi connectivity index (χ4n) is 4.00. The van der Waals surface area contributed by atoms with Gasteiger partial charge >= 0.3 is 0 Å². The van der Waals surface area contributed by atoms with Gasteiger partial charge in [0.05, 0.1) is 0 Å². The molecule has 1 aliphatic rings. The van der Waals surface area contributed by atoms with E-state index in [9.17, 15) is 4.79 Å². The number of hydrogen-bond acceptors (Lipinski definition) is 2. The quantitative estimate of drug-likeness (QED) is 0.734. The number of nitrogens with zero attached hydrogens (tertiary/aromatic N) is 3. The predicted octanol–water partition coefficient (Wildman–Crippen LogP) is 4.68. The van der Waals surface area contributed by atoms with E-state index in [0.717, 1.165) is 11.1 Å². The van der Waals surface area contributed by atoms with E-state index >= 15 is 0 Å². The zero-order valence-electron chi connectivity index (χ0n) is 16.1. The zero-order chi connectivity index (χ0) is 18.5. The summed E-state index contributed by atoms with van der Waals surface area (Å²) < 4.78 is 2.47. The molecule has 0 aliphatic heterocycles. The van der Waals surface area contributed by atoms with Crippen molar-refractivity contribution in [2.45, 2.75) is 58.5 Å². The Kier molecular flexibility index (Phi) is 5.92. The number of aryl methyl sites for hydroxylation is 1. The van der Waals surface area contributed by atoms with E-state index in [-0.39, 0.29) is 5.91 Å². The molecule has 0 spiro atoms. The fraction of sp³-hybridized carbons (Fsp3) is 0.455. The van der Waals surface area contributed by atoms with E-state index < -0.39 is 0 Å². The maximum absolute atomic E-state index is 12.4. The van der Waals surface area contributed by atoms with Crippen LogP contribution in [-0.2, 0) is 11.3 Å². The van der Waals surface area contributed by atoms with E-state index in [0.29, 0.717) is 12.6 Å². The monoisotopic (exact) mass is 351 g/mol. The van der Waals surface area contributed by atoms with Crippen molar-refractivity contribution in [2.24, 2.45) is 0 Å². The largest absolute Gasteiger partial charge is 0.346 e. The Hall–Kier alpha value is -2.36. The summed E-state index contributed by atoms with van der Waals surface area (Å²) in [5.41, 5.74) is 4.75. The molecule has 1 saturated carbocycles. The van der Waals surface area contributed by atoms with Gasteiger partial charge in [0.25, 0.3) is 0 Å². The normalized spacial score (nSPS) is 15.5. The van der Waals surface area contributed by atoms with Crippen molar-refractivity contribution in [1.29, 1.82) is 0 Å². The molecule has 0 bridgehead atoms. The van der Waals surface area contributed by atoms with Crippen LogP contribution < -0.4 is 0 Å². The lowest BCUT2D eigenvalue weighted by molar-refractivity contribution is -0.125. The molecule has 4 nitrogen and oxygen atoms in total. The van der Waals surface area contributed by atoms with Crippen LogP contribution >= 0.6 is 0 Å². The summed E-state index contributed by atoms with van der Waals surface area (Å²) in [6.45, 7) is 4.92. The molecule has 0 N–H and O–H groups in total. The second-order valence-electron chi connectivity index (χ2n) is 7.38. The number of amides is 1. The van der Waals surface area contributed by atoms with E-state index in [1.54, 1.807) is 23.4 Å². The van der Waals surface area contributed by atoms with Crippen molar-refractivity contribution in [3.63, 3.8) is 0 Å². The Morgan fingerprint density at radius 3 is 2.77 bits per heavy atom. The molecule has 0 aromatic carbocycles. The number of likely N-dealkylation sites (N-methyl/N-ethyl adjacent to an activating group) is 1. The minimum Gasteiger partial charge on any atom is -0.346 e. The van der Waals surface area contributed by atoms with Gasteiger partial charge in [-0.05, 0) is 56.0 Å². The van der Waals surface area contributed by atoms with E-state index in [1.165, 1.54) is 43.5 Å². The first kappa shape index (κ1) is 18.4. The van der Waals surface area contributed by atoms with Crippen LogP contribution in [0.15, 0.2) is 36.7 Å². The van der Waals surface area contributed by atoms with Gasteiger partial charge in [0.15, 0.2) is 0 Å². The molecule has 1 aliphatic carbocycles. The van der Waals surface area contributed by atoms with Gasteiger partial charge in [0, 0.05) is 49.5 Å².